The molecule has 0 aliphatic carbocycles. The molecule has 1 aromatic heterocycles. The molecule has 0 aliphatic heterocycles. The van der Waals surface area contributed by atoms with Crippen molar-refractivity contribution < 1.29 is 28.6 Å². The zero-order valence-electron chi connectivity index (χ0n) is 15.6. The third-order valence-electron chi connectivity index (χ3n) is 3.88. The monoisotopic (exact) mass is 426 g/mol. The van der Waals surface area contributed by atoms with Crippen molar-refractivity contribution in [3.05, 3.63) is 86.8 Å². The number of hydrogen-bond donors (Lipinski definition) is 2. The van der Waals surface area contributed by atoms with Gasteiger partial charge in [0, 0.05) is 17.4 Å². The minimum atomic E-state index is -0.837. The zero-order chi connectivity index (χ0) is 22.4. The van der Waals surface area contributed by atoms with Crippen LogP contribution in [0.15, 0.2) is 65.3 Å². The van der Waals surface area contributed by atoms with E-state index in [1.54, 1.807) is 18.2 Å². The summed E-state index contributed by atoms with van der Waals surface area (Å²) in [6.45, 7) is -0.560. The smallest absolute Gasteiger partial charge is 0.317 e. The molecule has 0 aliphatic rings. The maximum Gasteiger partial charge on any atom is 0.317 e. The van der Waals surface area contributed by atoms with E-state index >= 15 is 0 Å². The van der Waals surface area contributed by atoms with Gasteiger partial charge in [-0.25, -0.2) is 0 Å². The van der Waals surface area contributed by atoms with Crippen LogP contribution in [0.25, 0.3) is 0 Å². The molecule has 31 heavy (non-hydrogen) atoms. The van der Waals surface area contributed by atoms with Crippen LogP contribution in [0.4, 0.5) is 22.7 Å². The van der Waals surface area contributed by atoms with Gasteiger partial charge in [-0.2, -0.15) is 0 Å². The Labute approximate surface area is 173 Å². The van der Waals surface area contributed by atoms with Crippen LogP contribution < -0.4 is 15.4 Å². The number of nitrogens with zero attached hydrogens (tertiary/aromatic N) is 2. The molecule has 3 aromatic rings. The average molecular weight is 426 g/mol. The summed E-state index contributed by atoms with van der Waals surface area (Å²) in [7, 11) is 0. The first-order valence-electron chi connectivity index (χ1n) is 8.64. The SMILES string of the molecule is O=C(COc1ccc([N+](=O)[O-])cc1[N+](=O)[O-])Nc1ccc(NC(=O)c2ccco2)cc1. The zero-order valence-corrected chi connectivity index (χ0v) is 15.6. The average Bonchev–Trinajstić information content (AvgIpc) is 3.28. The second kappa shape index (κ2) is 9.17. The lowest BCUT2D eigenvalue weighted by molar-refractivity contribution is -0.394. The summed E-state index contributed by atoms with van der Waals surface area (Å²) >= 11 is 0. The van der Waals surface area contributed by atoms with Crippen LogP contribution in [0, 0.1) is 20.2 Å². The molecule has 0 saturated carbocycles. The van der Waals surface area contributed by atoms with Crippen molar-refractivity contribution in [2.45, 2.75) is 0 Å². The van der Waals surface area contributed by atoms with Crippen LogP contribution in [0.5, 0.6) is 5.75 Å². The highest BCUT2D eigenvalue weighted by atomic mass is 16.6. The number of amides is 2. The summed E-state index contributed by atoms with van der Waals surface area (Å²) < 4.78 is 10.1. The van der Waals surface area contributed by atoms with Crippen LogP contribution in [-0.4, -0.2) is 28.3 Å². The van der Waals surface area contributed by atoms with E-state index in [0.29, 0.717) is 11.4 Å². The third-order valence-corrected chi connectivity index (χ3v) is 3.88. The van der Waals surface area contributed by atoms with E-state index in [9.17, 15) is 29.8 Å². The van der Waals surface area contributed by atoms with Crippen LogP contribution in [0.3, 0.4) is 0 Å². The van der Waals surface area contributed by atoms with Crippen molar-refractivity contribution in [2.75, 3.05) is 17.2 Å². The molecule has 158 valence electrons. The Morgan fingerprint density at radius 2 is 1.61 bits per heavy atom. The van der Waals surface area contributed by atoms with E-state index in [2.05, 4.69) is 10.6 Å². The molecule has 0 spiro atoms. The summed E-state index contributed by atoms with van der Waals surface area (Å²) in [5, 5.41) is 27.0. The fourth-order valence-corrected chi connectivity index (χ4v) is 2.46. The van der Waals surface area contributed by atoms with Gasteiger partial charge in [-0.1, -0.05) is 0 Å². The van der Waals surface area contributed by atoms with E-state index in [1.165, 1.54) is 24.5 Å². The van der Waals surface area contributed by atoms with Crippen molar-refractivity contribution in [1.29, 1.82) is 0 Å². The van der Waals surface area contributed by atoms with E-state index in [4.69, 9.17) is 9.15 Å². The van der Waals surface area contributed by atoms with Gasteiger partial charge < -0.3 is 19.8 Å². The molecule has 3 rings (SSSR count). The number of rotatable bonds is 8. The van der Waals surface area contributed by atoms with Crippen molar-refractivity contribution >= 4 is 34.6 Å². The van der Waals surface area contributed by atoms with Gasteiger partial charge in [0.25, 0.3) is 17.5 Å². The lowest BCUT2D eigenvalue weighted by Crippen LogP contribution is -2.20. The maximum absolute atomic E-state index is 12.1. The summed E-state index contributed by atoms with van der Waals surface area (Å²) in [4.78, 5) is 44.2. The van der Waals surface area contributed by atoms with Crippen LogP contribution >= 0.6 is 0 Å². The van der Waals surface area contributed by atoms with Gasteiger partial charge in [-0.05, 0) is 42.5 Å². The second-order valence-corrected chi connectivity index (χ2v) is 6.01. The maximum atomic E-state index is 12.1. The Morgan fingerprint density at radius 1 is 0.935 bits per heavy atom. The molecule has 0 bridgehead atoms. The summed E-state index contributed by atoms with van der Waals surface area (Å²) in [6, 6.07) is 12.1. The number of anilines is 2. The molecule has 12 heteroatoms. The van der Waals surface area contributed by atoms with Gasteiger partial charge in [0.1, 0.15) is 0 Å². The van der Waals surface area contributed by atoms with Crippen LogP contribution in [0.1, 0.15) is 10.6 Å². The number of ether oxygens (including phenoxy) is 1. The third kappa shape index (κ3) is 5.41. The fourth-order valence-electron chi connectivity index (χ4n) is 2.46. The predicted octanol–water partition coefficient (Wildman–Crippen LogP) is 3.37. The number of nitro groups is 2. The minimum absolute atomic E-state index is 0.148. The predicted molar refractivity (Wildman–Crippen MR) is 107 cm³/mol. The Kier molecular flexibility index (Phi) is 6.21. The Bertz CT molecular complexity index is 1130. The Balaban J connectivity index is 1.57. The normalized spacial score (nSPS) is 10.2. The van der Waals surface area contributed by atoms with Gasteiger partial charge in [0.2, 0.25) is 0 Å². The number of nitrogens with one attached hydrogen (secondary N) is 2. The standard InChI is InChI=1S/C19H14N4O8/c24-18(11-31-16-8-7-14(22(26)27)10-15(16)23(28)29)20-12-3-5-13(6-4-12)21-19(25)17-2-1-9-30-17/h1-10H,11H2,(H,20,24)(H,21,25). The molecule has 0 fully saturated rings. The molecule has 1 heterocycles. The fraction of sp³-hybridized carbons (Fsp3) is 0.0526. The molecule has 12 nitrogen and oxygen atoms in total. The molecular formula is C19H14N4O8. The lowest BCUT2D eigenvalue weighted by atomic mass is 10.2. The highest BCUT2D eigenvalue weighted by molar-refractivity contribution is 6.02. The number of carbonyl (C=O) groups is 2. The molecule has 0 saturated heterocycles. The number of carbonyl (C=O) groups excluding carboxylic acids is 2. The van der Waals surface area contributed by atoms with E-state index in [1.807, 2.05) is 0 Å². The molecule has 0 atom stereocenters. The summed E-state index contributed by atoms with van der Waals surface area (Å²) in [6.07, 6.45) is 1.38. The topological polar surface area (TPSA) is 167 Å². The number of non-ortho nitro benzene ring substituents is 1. The van der Waals surface area contributed by atoms with Crippen LogP contribution in [0.2, 0.25) is 0 Å². The van der Waals surface area contributed by atoms with Gasteiger partial charge in [-0.3, -0.25) is 29.8 Å². The van der Waals surface area contributed by atoms with Gasteiger partial charge in [0.05, 0.1) is 22.2 Å². The second-order valence-electron chi connectivity index (χ2n) is 6.01. The summed E-state index contributed by atoms with van der Waals surface area (Å²) in [5.41, 5.74) is -0.235. The first-order chi connectivity index (χ1) is 14.8. The molecule has 2 amide bonds. The highest BCUT2D eigenvalue weighted by Crippen LogP contribution is 2.31. The van der Waals surface area contributed by atoms with E-state index in [-0.39, 0.29) is 11.5 Å². The molecule has 0 unspecified atom stereocenters. The van der Waals surface area contributed by atoms with Crippen molar-refractivity contribution in [1.82, 2.24) is 0 Å². The molecule has 2 aromatic carbocycles. The van der Waals surface area contributed by atoms with E-state index in [0.717, 1.165) is 18.2 Å². The number of nitro benzene ring substituents is 2. The lowest BCUT2D eigenvalue weighted by Gasteiger charge is -2.09. The highest BCUT2D eigenvalue weighted by Gasteiger charge is 2.21. The molecule has 2 N–H and O–H groups in total. The Hall–Kier alpha value is -4.74. The minimum Gasteiger partial charge on any atom is -0.477 e. The van der Waals surface area contributed by atoms with Gasteiger partial charge in [-0.15, -0.1) is 0 Å². The first kappa shape index (κ1) is 21.0. The van der Waals surface area contributed by atoms with Crippen molar-refractivity contribution in [3.8, 4) is 5.75 Å². The van der Waals surface area contributed by atoms with E-state index < -0.39 is 39.6 Å². The number of furan rings is 1. The largest absolute Gasteiger partial charge is 0.477 e. The summed E-state index contributed by atoms with van der Waals surface area (Å²) in [5.74, 6) is -1.17. The Morgan fingerprint density at radius 3 is 2.19 bits per heavy atom. The van der Waals surface area contributed by atoms with Gasteiger partial charge >= 0.3 is 5.69 Å². The quantitative estimate of drug-likeness (QED) is 0.408. The molecular weight excluding hydrogens is 412 g/mol. The van der Waals surface area contributed by atoms with Crippen molar-refractivity contribution in [3.63, 3.8) is 0 Å². The number of benzene rings is 2. The number of hydrogen-bond acceptors (Lipinski definition) is 8. The van der Waals surface area contributed by atoms with Gasteiger partial charge in [0.15, 0.2) is 18.1 Å². The first-order valence-corrected chi connectivity index (χ1v) is 8.64. The molecule has 0 radical (unpaired) electrons. The van der Waals surface area contributed by atoms with Crippen LogP contribution in [-0.2, 0) is 4.79 Å². The van der Waals surface area contributed by atoms with Crippen molar-refractivity contribution in [2.24, 2.45) is 0 Å².